The summed E-state index contributed by atoms with van der Waals surface area (Å²) in [5, 5.41) is 0. The quantitative estimate of drug-likeness (QED) is 0.0439. The molecular formula is C99H164O37. The molecule has 21 heterocycles. The zero-order chi connectivity index (χ0) is 97.3. The molecule has 0 saturated carbocycles. The predicted molar refractivity (Wildman–Crippen MR) is 493 cm³/mol. The minimum Gasteiger partial charge on any atom is -0.491 e. The number of hydrogen-bond donors (Lipinski definition) is 0. The van der Waals surface area contributed by atoms with Gasteiger partial charge in [-0.1, -0.05) is 124 Å². The Bertz CT molecular complexity index is 3390. The van der Waals surface area contributed by atoms with Crippen LogP contribution in [0.25, 0.3) is 0 Å². The van der Waals surface area contributed by atoms with E-state index in [0.717, 1.165) is 96.3 Å². The lowest BCUT2D eigenvalue weighted by Crippen LogP contribution is -2.69. The Balaban J connectivity index is 1.15. The lowest BCUT2D eigenvalue weighted by atomic mass is 9.94. The molecule has 37 heteroatoms. The SMILES string of the molecule is C=CCOc1ccc(OC[C@@H]2O[C@@H]3O[C@H]4[C@H](OC)[C@@H](OC)[C@@H](O[C@H]5[C@H](OC)[C@@H](OC)[C@@H](O[C@H]6[C@H](OC)[C@@H](OC)[C@@H](O[C@H]7[C@@H](OC)[C@H](OC)[C@@H](O[C@H]8[C@H](OC)[C@H](OC)[C@@H](O[C@H]9[C@H](OC)[C@@H](OC)[C@@H](O[C@H]2[C@H](OC)[C@H]3OC)O[C@@H]9COc2ccc(OCC=C)cc2)O[C@@H]8COCCCCC)O[C@@H]7COCCCCC)O[C@H]6COCCCCC)O[C@H]5COCCCCC)O[C@H]4COCCCCC)cc1. The molecule has 0 N–H and O–H groups in total. The molecule has 21 fully saturated rings. The third kappa shape index (κ3) is 30.7. The molecule has 21 aliphatic heterocycles. The summed E-state index contributed by atoms with van der Waals surface area (Å²) in [6.07, 6.45) is -22.2. The molecule has 0 amide bonds. The van der Waals surface area contributed by atoms with Gasteiger partial charge in [-0.25, -0.2) is 0 Å². The molecule has 23 rings (SSSR count). The highest BCUT2D eigenvalue weighted by atomic mass is 16.8. The van der Waals surface area contributed by atoms with E-state index >= 15 is 0 Å². The molecule has 2 aromatic rings. The van der Waals surface area contributed by atoms with Gasteiger partial charge in [0.05, 0.1) is 33.0 Å². The van der Waals surface area contributed by atoms with Crippen molar-refractivity contribution in [2.24, 2.45) is 0 Å². The van der Waals surface area contributed by atoms with Gasteiger partial charge in [-0.15, -0.1) is 0 Å². The highest BCUT2D eigenvalue weighted by molar-refractivity contribution is 5.32. The third-order valence-corrected chi connectivity index (χ3v) is 26.1. The van der Waals surface area contributed by atoms with Crippen LogP contribution >= 0.6 is 0 Å². The van der Waals surface area contributed by atoms with Crippen LogP contribution in [-0.2, 0) is 156 Å². The number of methoxy groups -OCH3 is 14. The van der Waals surface area contributed by atoms with Crippen molar-refractivity contribution in [3.8, 4) is 23.0 Å². The number of rotatable bonds is 56. The van der Waals surface area contributed by atoms with Gasteiger partial charge < -0.3 is 175 Å². The second-order valence-corrected chi connectivity index (χ2v) is 35.0. The van der Waals surface area contributed by atoms with E-state index in [1.165, 1.54) is 28.4 Å². The standard InChI is InChI=1S/C99H164O37/c1-22-29-34-49-114-54-65-72-79(100-8)86(107-15)93(123-65)131-73-66(55-115-50-35-30-23-2)125-95(88(109-17)80(73)101-9)133-75-68(57-117-52-37-32-25-4)127-97(90(111-19)82(75)103-11)135-77-70(59-121-63-43-39-61(40-44-63)119-47-27-6)129-99(92(113-21)84(77)105-13)136-78-71(60-122-64-45-41-62(42-46-64)120-48-28-7)128-98(91(112-20)85(78)106-14)134-76-69(58-118-53-38-33-26-5)126-96(89(110-18)83(76)104-12)132-74-67(56-116-51-36-31-24-3)124-94(130-72)87(108-16)81(74)102-10/h27-28,39-46,65-99H,6-7,22-26,29-38,47-60H2,1-5,8-21H3/t65-,66+,67-,68+,69-,70+,71-,72+,73+,74+,75+,76+,77+,78+,79-,80+,81-,82-,83-,84-,85-,86+,87+,88-,89+,90-,91+,92+,93+,94+,95+,96+,97+,98+,99+/m0/s1. The van der Waals surface area contributed by atoms with E-state index in [0.29, 0.717) is 56.0 Å². The molecule has 136 heavy (non-hydrogen) atoms. The van der Waals surface area contributed by atoms with Crippen LogP contribution in [-0.4, -0.2) is 407 Å². The fraction of sp³-hybridized carbons (Fsp3) is 0.838. The van der Waals surface area contributed by atoms with E-state index in [2.05, 4.69) is 47.8 Å². The average Bonchev–Trinajstić information content (AvgIpc) is 0.783. The number of benzene rings is 2. The molecule has 0 radical (unpaired) electrons. The zero-order valence-electron chi connectivity index (χ0n) is 84.0. The van der Waals surface area contributed by atoms with Crippen molar-refractivity contribution in [1.82, 2.24) is 0 Å². The Kier molecular flexibility index (Phi) is 51.7. The summed E-state index contributed by atoms with van der Waals surface area (Å²) in [7, 11) is 21.7. The van der Waals surface area contributed by atoms with Gasteiger partial charge in [0.15, 0.2) is 44.0 Å². The van der Waals surface area contributed by atoms with Crippen molar-refractivity contribution in [3.63, 3.8) is 0 Å². The highest BCUT2D eigenvalue weighted by Crippen LogP contribution is 2.44. The summed E-state index contributed by atoms with van der Waals surface area (Å²) in [4.78, 5) is 0. The van der Waals surface area contributed by atoms with Crippen molar-refractivity contribution < 1.29 is 175 Å². The first-order valence-electron chi connectivity index (χ1n) is 49.0. The lowest BCUT2D eigenvalue weighted by molar-refractivity contribution is -0.403. The van der Waals surface area contributed by atoms with Gasteiger partial charge in [0.2, 0.25) is 0 Å². The highest BCUT2D eigenvalue weighted by Gasteiger charge is 2.63. The maximum atomic E-state index is 7.48. The minimum atomic E-state index is -1.37. The molecule has 21 saturated heterocycles. The molecule has 35 atom stereocenters. The molecule has 0 spiro atoms. The summed E-state index contributed by atoms with van der Waals surface area (Å²) in [5.41, 5.74) is 0. The molecule has 37 nitrogen and oxygen atoms in total. The number of ether oxygens (including phenoxy) is 37. The normalized spacial score (nSPS) is 36.3. The fourth-order valence-electron chi connectivity index (χ4n) is 18.9. The molecule has 782 valence electrons. The molecular weight excluding hydrogens is 1780 g/mol. The van der Waals surface area contributed by atoms with Gasteiger partial charge in [0.1, 0.15) is 220 Å². The summed E-state index contributed by atoms with van der Waals surface area (Å²) in [6, 6.07) is 14.3. The maximum Gasteiger partial charge on any atom is 0.187 e. The van der Waals surface area contributed by atoms with E-state index in [9.17, 15) is 0 Å². The van der Waals surface area contributed by atoms with Crippen molar-refractivity contribution in [2.45, 2.75) is 346 Å². The topological polar surface area (TPSA) is 342 Å². The summed E-state index contributed by atoms with van der Waals surface area (Å²) in [6.45, 7) is 20.3. The Morgan fingerprint density at radius 1 is 0.206 bits per heavy atom. The van der Waals surface area contributed by atoms with Crippen LogP contribution < -0.4 is 18.9 Å². The molecule has 14 bridgehead atoms. The summed E-state index contributed by atoms with van der Waals surface area (Å²) < 4.78 is 254. The smallest absolute Gasteiger partial charge is 0.187 e. The third-order valence-electron chi connectivity index (χ3n) is 26.1. The maximum absolute atomic E-state index is 7.48. The van der Waals surface area contributed by atoms with Crippen molar-refractivity contribution in [1.29, 1.82) is 0 Å². The summed E-state index contributed by atoms with van der Waals surface area (Å²) >= 11 is 0. The molecule has 0 aliphatic carbocycles. The van der Waals surface area contributed by atoms with Gasteiger partial charge >= 0.3 is 0 Å². The second-order valence-electron chi connectivity index (χ2n) is 35.0. The van der Waals surface area contributed by atoms with Gasteiger partial charge in [0, 0.05) is 133 Å². The van der Waals surface area contributed by atoms with E-state index in [4.69, 9.17) is 175 Å². The van der Waals surface area contributed by atoms with Crippen molar-refractivity contribution in [3.05, 3.63) is 73.8 Å². The fourth-order valence-corrected chi connectivity index (χ4v) is 18.9. The van der Waals surface area contributed by atoms with Gasteiger partial charge in [-0.05, 0) is 80.6 Å². The van der Waals surface area contributed by atoms with E-state index in [1.807, 2.05) is 0 Å². The van der Waals surface area contributed by atoms with Crippen LogP contribution in [0.1, 0.15) is 131 Å². The van der Waals surface area contributed by atoms with Crippen molar-refractivity contribution >= 4 is 0 Å². The van der Waals surface area contributed by atoms with E-state index in [-0.39, 0.29) is 59.5 Å². The van der Waals surface area contributed by atoms with Gasteiger partial charge in [0.25, 0.3) is 0 Å². The average molecular weight is 1950 g/mol. The largest absolute Gasteiger partial charge is 0.491 e. The van der Waals surface area contributed by atoms with Crippen LogP contribution in [0.3, 0.4) is 0 Å². The van der Waals surface area contributed by atoms with Crippen LogP contribution in [0.4, 0.5) is 0 Å². The van der Waals surface area contributed by atoms with Crippen LogP contribution in [0, 0.1) is 0 Å². The Labute approximate surface area is 806 Å². The molecule has 0 aromatic heterocycles. The Morgan fingerprint density at radius 2 is 0.360 bits per heavy atom. The molecule has 21 aliphatic rings. The minimum absolute atomic E-state index is 0.00635. The Morgan fingerprint density at radius 3 is 0.507 bits per heavy atom. The van der Waals surface area contributed by atoms with E-state index in [1.54, 1.807) is 132 Å². The monoisotopic (exact) mass is 1950 g/mol. The first-order valence-corrected chi connectivity index (χ1v) is 49.0. The van der Waals surface area contributed by atoms with E-state index < -0.39 is 215 Å². The zero-order valence-corrected chi connectivity index (χ0v) is 84.0. The second kappa shape index (κ2) is 61.8. The van der Waals surface area contributed by atoms with Crippen LogP contribution in [0.2, 0.25) is 0 Å². The lowest BCUT2D eigenvalue weighted by Gasteiger charge is -2.52. The molecule has 0 unspecified atom stereocenters. The number of unbranched alkanes of at least 4 members (excludes halogenated alkanes) is 10. The Hall–Kier alpha value is -4.20. The summed E-state index contributed by atoms with van der Waals surface area (Å²) in [5.74, 6) is 2.09. The number of hydrogen-bond acceptors (Lipinski definition) is 37. The van der Waals surface area contributed by atoms with Crippen LogP contribution in [0.5, 0.6) is 23.0 Å². The van der Waals surface area contributed by atoms with Crippen LogP contribution in [0.15, 0.2) is 73.8 Å². The first kappa shape index (κ1) is 114. The first-order chi connectivity index (χ1) is 66.6. The van der Waals surface area contributed by atoms with Crippen molar-refractivity contribution in [2.75, 3.05) is 192 Å². The molecule has 2 aromatic carbocycles. The van der Waals surface area contributed by atoms with Gasteiger partial charge in [-0.3, -0.25) is 0 Å². The predicted octanol–water partition coefficient (Wildman–Crippen LogP) is 10.3. The van der Waals surface area contributed by atoms with Gasteiger partial charge in [-0.2, -0.15) is 0 Å².